The smallest absolute Gasteiger partial charge is 0.221 e. The highest BCUT2D eigenvalue weighted by molar-refractivity contribution is 5.76. The molecule has 1 rings (SSSR count). The summed E-state index contributed by atoms with van der Waals surface area (Å²) in [7, 11) is 0. The van der Waals surface area contributed by atoms with E-state index in [2.05, 4.69) is 31.0 Å². The van der Waals surface area contributed by atoms with Gasteiger partial charge in [-0.2, -0.15) is 0 Å². The Kier molecular flexibility index (Phi) is 5.92. The minimum Gasteiger partial charge on any atom is -0.369 e. The van der Waals surface area contributed by atoms with Gasteiger partial charge in [0.2, 0.25) is 5.91 Å². The first-order chi connectivity index (χ1) is 8.00. The lowest BCUT2D eigenvalue weighted by Gasteiger charge is -2.36. The van der Waals surface area contributed by atoms with Crippen molar-refractivity contribution in [1.82, 2.24) is 10.2 Å². The molecule has 100 valence electrons. The average molecular weight is 241 g/mol. The van der Waals surface area contributed by atoms with Gasteiger partial charge in [-0.1, -0.05) is 13.8 Å². The Labute approximate surface area is 105 Å². The van der Waals surface area contributed by atoms with Crippen molar-refractivity contribution in [3.63, 3.8) is 0 Å². The van der Waals surface area contributed by atoms with E-state index < -0.39 is 0 Å². The second kappa shape index (κ2) is 6.97. The summed E-state index contributed by atoms with van der Waals surface area (Å²) >= 11 is 0. The number of nitrogens with two attached hydrogens (primary N) is 1. The quantitative estimate of drug-likeness (QED) is 0.681. The maximum Gasteiger partial charge on any atom is 0.221 e. The van der Waals surface area contributed by atoms with E-state index in [9.17, 15) is 4.79 Å². The Morgan fingerprint density at radius 2 is 2.18 bits per heavy atom. The molecule has 2 atom stereocenters. The summed E-state index contributed by atoms with van der Waals surface area (Å²) in [6.07, 6.45) is 3.18. The van der Waals surface area contributed by atoms with Crippen molar-refractivity contribution < 1.29 is 4.79 Å². The highest BCUT2D eigenvalue weighted by Gasteiger charge is 2.27. The van der Waals surface area contributed by atoms with Crippen molar-refractivity contribution in [2.24, 2.45) is 11.7 Å². The second-order valence-electron chi connectivity index (χ2n) is 5.48. The zero-order chi connectivity index (χ0) is 12.8. The molecule has 1 aliphatic rings. The van der Waals surface area contributed by atoms with Gasteiger partial charge in [0.1, 0.15) is 0 Å². The van der Waals surface area contributed by atoms with Crippen LogP contribution in [0.25, 0.3) is 0 Å². The molecule has 0 aromatic heterocycles. The van der Waals surface area contributed by atoms with E-state index in [1.54, 1.807) is 0 Å². The lowest BCUT2D eigenvalue weighted by molar-refractivity contribution is -0.123. The number of carbonyl (C=O) groups excluding carboxylic acids is 1. The molecule has 1 aliphatic heterocycles. The topological polar surface area (TPSA) is 58.4 Å². The molecule has 4 nitrogen and oxygen atoms in total. The van der Waals surface area contributed by atoms with Crippen LogP contribution in [-0.4, -0.2) is 42.5 Å². The van der Waals surface area contributed by atoms with E-state index in [1.807, 2.05) is 0 Å². The van der Waals surface area contributed by atoms with E-state index in [0.717, 1.165) is 38.9 Å². The first kappa shape index (κ1) is 14.5. The molecule has 1 saturated heterocycles. The fourth-order valence-corrected chi connectivity index (χ4v) is 2.40. The summed E-state index contributed by atoms with van der Waals surface area (Å²) in [6, 6.07) is 1.14. The summed E-state index contributed by atoms with van der Waals surface area (Å²) in [6.45, 7) is 9.51. The molecule has 1 amide bonds. The van der Waals surface area contributed by atoms with Crippen LogP contribution >= 0.6 is 0 Å². The van der Waals surface area contributed by atoms with Crippen LogP contribution in [0.4, 0.5) is 0 Å². The SMILES string of the molecule is CC(C)NCCCN1CC(C(N)=O)CCC1C. The third-order valence-corrected chi connectivity index (χ3v) is 3.59. The van der Waals surface area contributed by atoms with Gasteiger partial charge in [0, 0.05) is 18.6 Å². The molecule has 1 fully saturated rings. The average Bonchev–Trinajstić information content (AvgIpc) is 2.25. The minimum atomic E-state index is -0.137. The molecule has 0 aliphatic carbocycles. The van der Waals surface area contributed by atoms with Gasteiger partial charge in [-0.15, -0.1) is 0 Å². The zero-order valence-electron chi connectivity index (χ0n) is 11.4. The lowest BCUT2D eigenvalue weighted by atomic mass is 9.93. The van der Waals surface area contributed by atoms with Crippen LogP contribution in [0, 0.1) is 5.92 Å². The molecule has 17 heavy (non-hydrogen) atoms. The van der Waals surface area contributed by atoms with E-state index in [-0.39, 0.29) is 11.8 Å². The number of hydrogen-bond donors (Lipinski definition) is 2. The van der Waals surface area contributed by atoms with Crippen molar-refractivity contribution >= 4 is 5.91 Å². The molecule has 3 N–H and O–H groups in total. The third-order valence-electron chi connectivity index (χ3n) is 3.59. The maximum absolute atomic E-state index is 11.2. The van der Waals surface area contributed by atoms with Gasteiger partial charge >= 0.3 is 0 Å². The van der Waals surface area contributed by atoms with Crippen molar-refractivity contribution in [3.8, 4) is 0 Å². The standard InChI is InChI=1S/C13H27N3O/c1-10(2)15-7-4-8-16-9-12(13(14)17)6-5-11(16)3/h10-12,15H,4-9H2,1-3H3,(H2,14,17). The Morgan fingerprint density at radius 3 is 2.76 bits per heavy atom. The predicted molar refractivity (Wildman–Crippen MR) is 70.7 cm³/mol. The first-order valence-electron chi connectivity index (χ1n) is 6.77. The van der Waals surface area contributed by atoms with Crippen molar-refractivity contribution in [2.45, 2.75) is 52.1 Å². The van der Waals surface area contributed by atoms with Crippen LogP contribution in [0.1, 0.15) is 40.0 Å². The van der Waals surface area contributed by atoms with E-state index >= 15 is 0 Å². The molecule has 0 saturated carbocycles. The summed E-state index contributed by atoms with van der Waals surface area (Å²) < 4.78 is 0. The Hall–Kier alpha value is -0.610. The number of likely N-dealkylation sites (tertiary alicyclic amines) is 1. The third kappa shape index (κ3) is 5.04. The molecular weight excluding hydrogens is 214 g/mol. The molecular formula is C13H27N3O. The number of hydrogen-bond acceptors (Lipinski definition) is 3. The fourth-order valence-electron chi connectivity index (χ4n) is 2.40. The van der Waals surface area contributed by atoms with Crippen molar-refractivity contribution in [2.75, 3.05) is 19.6 Å². The zero-order valence-corrected chi connectivity index (χ0v) is 11.4. The maximum atomic E-state index is 11.2. The molecule has 0 aromatic carbocycles. The molecule has 4 heteroatoms. The Morgan fingerprint density at radius 1 is 1.47 bits per heavy atom. The van der Waals surface area contributed by atoms with Gasteiger partial charge in [-0.25, -0.2) is 0 Å². The molecule has 0 spiro atoms. The van der Waals surface area contributed by atoms with E-state index in [0.29, 0.717) is 12.1 Å². The number of carbonyl (C=O) groups is 1. The van der Waals surface area contributed by atoms with Crippen LogP contribution in [0.5, 0.6) is 0 Å². The number of nitrogens with one attached hydrogen (secondary N) is 1. The van der Waals surface area contributed by atoms with Crippen LogP contribution in [0.15, 0.2) is 0 Å². The molecule has 0 aromatic rings. The molecule has 1 heterocycles. The summed E-state index contributed by atoms with van der Waals surface area (Å²) in [5.41, 5.74) is 5.39. The van der Waals surface area contributed by atoms with Gasteiger partial charge in [-0.05, 0) is 39.3 Å². The summed E-state index contributed by atoms with van der Waals surface area (Å²) in [5, 5.41) is 3.42. The number of amides is 1. The molecule has 0 radical (unpaired) electrons. The van der Waals surface area contributed by atoms with E-state index in [4.69, 9.17) is 5.73 Å². The number of primary amides is 1. The highest BCUT2D eigenvalue weighted by atomic mass is 16.1. The number of nitrogens with zero attached hydrogens (tertiary/aromatic N) is 1. The van der Waals surface area contributed by atoms with Crippen LogP contribution in [0.3, 0.4) is 0 Å². The highest BCUT2D eigenvalue weighted by Crippen LogP contribution is 2.21. The monoisotopic (exact) mass is 241 g/mol. The van der Waals surface area contributed by atoms with Gasteiger partial charge in [-0.3, -0.25) is 9.69 Å². The molecule has 2 unspecified atom stereocenters. The van der Waals surface area contributed by atoms with Crippen molar-refractivity contribution in [3.05, 3.63) is 0 Å². The largest absolute Gasteiger partial charge is 0.369 e. The van der Waals surface area contributed by atoms with Gasteiger partial charge in [0.25, 0.3) is 0 Å². The molecule has 0 bridgehead atoms. The Bertz CT molecular complexity index is 243. The van der Waals surface area contributed by atoms with Gasteiger partial charge in [0.15, 0.2) is 0 Å². The van der Waals surface area contributed by atoms with E-state index in [1.165, 1.54) is 0 Å². The summed E-state index contributed by atoms with van der Waals surface area (Å²) in [4.78, 5) is 13.6. The van der Waals surface area contributed by atoms with Crippen molar-refractivity contribution in [1.29, 1.82) is 0 Å². The number of rotatable bonds is 6. The first-order valence-corrected chi connectivity index (χ1v) is 6.77. The summed E-state index contributed by atoms with van der Waals surface area (Å²) in [5.74, 6) is -0.0773. The minimum absolute atomic E-state index is 0.0595. The fraction of sp³-hybridized carbons (Fsp3) is 0.923. The predicted octanol–water partition coefficient (Wildman–Crippen LogP) is 0.960. The van der Waals surface area contributed by atoms with Gasteiger partial charge in [0.05, 0.1) is 5.92 Å². The normalized spacial score (nSPS) is 26.4. The number of piperidine rings is 1. The second-order valence-corrected chi connectivity index (χ2v) is 5.48. The van der Waals surface area contributed by atoms with Gasteiger partial charge < -0.3 is 11.1 Å². The van der Waals surface area contributed by atoms with Crippen LogP contribution in [0.2, 0.25) is 0 Å². The van der Waals surface area contributed by atoms with Crippen LogP contribution in [-0.2, 0) is 4.79 Å². The lowest BCUT2D eigenvalue weighted by Crippen LogP contribution is -2.46. The van der Waals surface area contributed by atoms with Crippen LogP contribution < -0.4 is 11.1 Å². The Balaban J connectivity index is 2.27.